The monoisotopic (exact) mass is 352 g/mol. The van der Waals surface area contributed by atoms with Crippen LogP contribution in [0.2, 0.25) is 0 Å². The summed E-state index contributed by atoms with van der Waals surface area (Å²) in [6.45, 7) is -1.42. The molecule has 10 heteroatoms. The van der Waals surface area contributed by atoms with E-state index in [1.807, 2.05) is 0 Å². The number of primary sulfonamides is 1. The first kappa shape index (κ1) is 17.5. The Labute approximate surface area is 131 Å². The van der Waals surface area contributed by atoms with E-state index in [4.69, 9.17) is 9.88 Å². The lowest BCUT2D eigenvalue weighted by atomic mass is 10.1. The van der Waals surface area contributed by atoms with Crippen molar-refractivity contribution >= 4 is 21.6 Å². The summed E-state index contributed by atoms with van der Waals surface area (Å²) in [6, 6.07) is 5.80. The van der Waals surface area contributed by atoms with Crippen molar-refractivity contribution in [3.63, 3.8) is 0 Å². The van der Waals surface area contributed by atoms with Crippen LogP contribution in [0.5, 0.6) is 5.75 Å². The Morgan fingerprint density at radius 3 is 2.57 bits per heavy atom. The van der Waals surface area contributed by atoms with E-state index in [9.17, 15) is 26.4 Å². The van der Waals surface area contributed by atoms with Crippen molar-refractivity contribution < 1.29 is 31.1 Å². The minimum atomic E-state index is -4.50. The predicted octanol–water partition coefficient (Wildman–Crippen LogP) is 1.27. The Kier molecular flexibility index (Phi) is 4.85. The number of benzene rings is 1. The minimum absolute atomic E-state index is 0.0377. The topological polar surface area (TPSA) is 89.7 Å². The summed E-state index contributed by atoms with van der Waals surface area (Å²) >= 11 is 0. The number of alkyl halides is 3. The number of para-hydroxylation sites is 2. The van der Waals surface area contributed by atoms with E-state index in [1.54, 1.807) is 6.07 Å². The van der Waals surface area contributed by atoms with Gasteiger partial charge in [-0.1, -0.05) is 12.1 Å². The molecule has 128 valence electrons. The van der Waals surface area contributed by atoms with E-state index in [0.29, 0.717) is 0 Å². The molecule has 1 heterocycles. The van der Waals surface area contributed by atoms with Gasteiger partial charge in [0, 0.05) is 18.9 Å². The molecule has 1 unspecified atom stereocenters. The zero-order chi connectivity index (χ0) is 17.3. The number of rotatable bonds is 5. The number of nitrogens with zero attached hydrogens (tertiary/aromatic N) is 1. The Balaban J connectivity index is 2.17. The van der Waals surface area contributed by atoms with Crippen molar-refractivity contribution in [2.75, 3.05) is 23.8 Å². The maximum atomic E-state index is 12.3. The average Bonchev–Trinajstić information content (AvgIpc) is 2.74. The third-order valence-corrected chi connectivity index (χ3v) is 4.16. The summed E-state index contributed by atoms with van der Waals surface area (Å²) < 4.78 is 63.8. The van der Waals surface area contributed by atoms with Gasteiger partial charge >= 0.3 is 6.18 Å². The molecule has 6 nitrogen and oxygen atoms in total. The molecule has 1 atom stereocenters. The molecule has 0 saturated carbocycles. The molecule has 1 saturated heterocycles. The van der Waals surface area contributed by atoms with E-state index in [1.165, 1.54) is 23.1 Å². The highest BCUT2D eigenvalue weighted by Crippen LogP contribution is 2.34. The lowest BCUT2D eigenvalue weighted by molar-refractivity contribution is -0.153. The molecule has 0 spiro atoms. The summed E-state index contributed by atoms with van der Waals surface area (Å²) in [5.74, 6) is -1.34. The van der Waals surface area contributed by atoms with Crippen LogP contribution in [0.25, 0.3) is 0 Å². The van der Waals surface area contributed by atoms with Gasteiger partial charge in [0.05, 0.1) is 11.4 Å². The first-order valence-electron chi connectivity index (χ1n) is 6.64. The summed E-state index contributed by atoms with van der Waals surface area (Å²) in [6.07, 6.45) is -4.54. The fraction of sp³-hybridized carbons (Fsp3) is 0.462. The van der Waals surface area contributed by atoms with Gasteiger partial charge < -0.3 is 9.64 Å². The molecule has 23 heavy (non-hydrogen) atoms. The van der Waals surface area contributed by atoms with Gasteiger partial charge in [0.25, 0.3) is 0 Å². The number of ether oxygens (including phenoxy) is 1. The Morgan fingerprint density at radius 2 is 1.96 bits per heavy atom. The molecular weight excluding hydrogens is 337 g/mol. The molecule has 0 aromatic heterocycles. The molecule has 1 aliphatic rings. The van der Waals surface area contributed by atoms with E-state index < -0.39 is 28.7 Å². The van der Waals surface area contributed by atoms with Crippen LogP contribution in [0.1, 0.15) is 6.42 Å². The molecule has 1 fully saturated rings. The molecule has 0 aliphatic carbocycles. The van der Waals surface area contributed by atoms with E-state index in [0.717, 1.165) is 0 Å². The number of anilines is 1. The molecule has 1 aliphatic heterocycles. The summed E-state index contributed by atoms with van der Waals surface area (Å²) in [5, 5.41) is 4.96. The first-order valence-corrected chi connectivity index (χ1v) is 8.36. The van der Waals surface area contributed by atoms with Crippen LogP contribution in [-0.2, 0) is 14.8 Å². The van der Waals surface area contributed by atoms with Gasteiger partial charge in [-0.15, -0.1) is 0 Å². The fourth-order valence-corrected chi connectivity index (χ4v) is 3.30. The van der Waals surface area contributed by atoms with Crippen molar-refractivity contribution in [2.24, 2.45) is 11.1 Å². The third-order valence-electron chi connectivity index (χ3n) is 3.22. The molecule has 2 N–H and O–H groups in total. The third kappa shape index (κ3) is 5.10. The number of hydrogen-bond donors (Lipinski definition) is 1. The van der Waals surface area contributed by atoms with Gasteiger partial charge in [0.1, 0.15) is 5.75 Å². The molecule has 2 rings (SSSR count). The van der Waals surface area contributed by atoms with Crippen LogP contribution in [0, 0.1) is 5.92 Å². The van der Waals surface area contributed by atoms with Crippen molar-refractivity contribution in [3.05, 3.63) is 24.3 Å². The second-order valence-electron chi connectivity index (χ2n) is 5.28. The van der Waals surface area contributed by atoms with Gasteiger partial charge in [-0.05, 0) is 12.1 Å². The quantitative estimate of drug-likeness (QED) is 0.864. The molecule has 1 aromatic rings. The Bertz CT molecular complexity index is 691. The van der Waals surface area contributed by atoms with Crippen LogP contribution in [0.4, 0.5) is 18.9 Å². The molecule has 1 aromatic carbocycles. The van der Waals surface area contributed by atoms with Gasteiger partial charge in [-0.25, -0.2) is 13.6 Å². The second-order valence-corrected chi connectivity index (χ2v) is 6.93. The average molecular weight is 352 g/mol. The summed E-state index contributed by atoms with van der Waals surface area (Å²) in [7, 11) is -3.74. The Hall–Kier alpha value is -1.81. The standard InChI is InChI=1S/C13H15F3N2O4S/c14-13(15,16)8-22-11-4-2-1-3-10(11)18-6-9(5-12(18)19)7-23(17,20)21/h1-4,9H,5-8H2,(H2,17,20,21). The largest absolute Gasteiger partial charge is 0.482 e. The van der Waals surface area contributed by atoms with Crippen LogP contribution in [0.3, 0.4) is 0 Å². The van der Waals surface area contributed by atoms with E-state index in [-0.39, 0.29) is 36.1 Å². The smallest absolute Gasteiger partial charge is 0.422 e. The fourth-order valence-electron chi connectivity index (χ4n) is 2.42. The van der Waals surface area contributed by atoms with Crippen LogP contribution in [0.15, 0.2) is 24.3 Å². The van der Waals surface area contributed by atoms with Gasteiger partial charge in [0.2, 0.25) is 15.9 Å². The number of amides is 1. The van der Waals surface area contributed by atoms with Crippen LogP contribution < -0.4 is 14.8 Å². The zero-order valence-electron chi connectivity index (χ0n) is 11.9. The zero-order valence-corrected chi connectivity index (χ0v) is 12.7. The molecule has 1 amide bonds. The minimum Gasteiger partial charge on any atom is -0.482 e. The number of carbonyl (C=O) groups is 1. The van der Waals surface area contributed by atoms with Gasteiger partial charge in [0.15, 0.2) is 6.61 Å². The number of halogens is 3. The van der Waals surface area contributed by atoms with Crippen LogP contribution >= 0.6 is 0 Å². The SMILES string of the molecule is NS(=O)(=O)CC1CC(=O)N(c2ccccc2OCC(F)(F)F)C1. The lowest BCUT2D eigenvalue weighted by Crippen LogP contribution is -2.28. The van der Waals surface area contributed by atoms with Crippen molar-refractivity contribution in [2.45, 2.75) is 12.6 Å². The molecule has 0 radical (unpaired) electrons. The predicted molar refractivity (Wildman–Crippen MR) is 76.4 cm³/mol. The first-order chi connectivity index (χ1) is 10.6. The number of hydrogen-bond acceptors (Lipinski definition) is 4. The van der Waals surface area contributed by atoms with Crippen molar-refractivity contribution in [3.8, 4) is 5.75 Å². The van der Waals surface area contributed by atoms with E-state index >= 15 is 0 Å². The van der Waals surface area contributed by atoms with Crippen molar-refractivity contribution in [1.29, 1.82) is 0 Å². The lowest BCUT2D eigenvalue weighted by Gasteiger charge is -2.20. The van der Waals surface area contributed by atoms with Gasteiger partial charge in [-0.3, -0.25) is 4.79 Å². The van der Waals surface area contributed by atoms with Crippen LogP contribution in [-0.4, -0.2) is 39.4 Å². The maximum absolute atomic E-state index is 12.3. The molecule has 0 bridgehead atoms. The normalized spacial score (nSPS) is 19.2. The van der Waals surface area contributed by atoms with Crippen molar-refractivity contribution in [1.82, 2.24) is 0 Å². The highest BCUT2D eigenvalue weighted by atomic mass is 32.2. The number of sulfonamides is 1. The summed E-state index contributed by atoms with van der Waals surface area (Å²) in [5.41, 5.74) is 0.179. The number of carbonyl (C=O) groups excluding carboxylic acids is 1. The highest BCUT2D eigenvalue weighted by Gasteiger charge is 2.35. The molecular formula is C13H15F3N2O4S. The number of nitrogens with two attached hydrogens (primary N) is 1. The highest BCUT2D eigenvalue weighted by molar-refractivity contribution is 7.89. The second kappa shape index (κ2) is 6.36. The van der Waals surface area contributed by atoms with E-state index in [2.05, 4.69) is 0 Å². The Morgan fingerprint density at radius 1 is 1.30 bits per heavy atom. The van der Waals surface area contributed by atoms with Gasteiger partial charge in [-0.2, -0.15) is 13.2 Å². The summed E-state index contributed by atoms with van der Waals surface area (Å²) in [4.78, 5) is 13.3. The maximum Gasteiger partial charge on any atom is 0.422 e.